The van der Waals surface area contributed by atoms with Gasteiger partial charge in [0.2, 0.25) is 0 Å². The standard InChI is InChI=1S/C50H32N4/c1-5-13-34(14-6-1)43-29-26-38-25-28-41-42-31-40(27-30-44(42)52-48(47(41)49(38)51-43)37-17-9-3-10-18-37)33-21-23-36(24-22-33)46-32-45(35-15-7-2-8-16-35)53-50(54-46)39-19-11-4-12-20-39/h1-32H. The molecule has 0 atom stereocenters. The van der Waals surface area contributed by atoms with Crippen LogP contribution in [0.2, 0.25) is 0 Å². The molecule has 10 rings (SSSR count). The summed E-state index contributed by atoms with van der Waals surface area (Å²) in [7, 11) is 0. The normalized spacial score (nSPS) is 11.3. The Balaban J connectivity index is 1.10. The predicted octanol–water partition coefficient (Wildman–Crippen LogP) is 12.7. The average Bonchev–Trinajstić information content (AvgIpc) is 3.26. The van der Waals surface area contributed by atoms with Crippen LogP contribution in [-0.4, -0.2) is 19.9 Å². The van der Waals surface area contributed by atoms with Crippen LogP contribution < -0.4 is 0 Å². The molecule has 0 spiro atoms. The van der Waals surface area contributed by atoms with Gasteiger partial charge in [-0.1, -0.05) is 170 Å². The van der Waals surface area contributed by atoms with Gasteiger partial charge in [-0.05, 0) is 40.8 Å². The van der Waals surface area contributed by atoms with Crippen LogP contribution in [-0.2, 0) is 0 Å². The number of fused-ring (bicyclic) bond motifs is 5. The van der Waals surface area contributed by atoms with Gasteiger partial charge in [0.15, 0.2) is 5.82 Å². The first-order valence-corrected chi connectivity index (χ1v) is 18.1. The lowest BCUT2D eigenvalue weighted by Gasteiger charge is -2.14. The van der Waals surface area contributed by atoms with Gasteiger partial charge in [-0.2, -0.15) is 0 Å². The fourth-order valence-electron chi connectivity index (χ4n) is 7.33. The predicted molar refractivity (Wildman–Crippen MR) is 223 cm³/mol. The summed E-state index contributed by atoms with van der Waals surface area (Å²) in [6.07, 6.45) is 0. The Bertz CT molecular complexity index is 2890. The molecule has 0 aliphatic rings. The van der Waals surface area contributed by atoms with Crippen LogP contribution in [0.5, 0.6) is 0 Å². The van der Waals surface area contributed by atoms with Crippen molar-refractivity contribution < 1.29 is 0 Å². The fourth-order valence-corrected chi connectivity index (χ4v) is 7.33. The number of pyridine rings is 2. The second-order valence-corrected chi connectivity index (χ2v) is 13.5. The van der Waals surface area contributed by atoms with Gasteiger partial charge in [-0.3, -0.25) is 0 Å². The van der Waals surface area contributed by atoms with Gasteiger partial charge in [0.05, 0.1) is 33.8 Å². The van der Waals surface area contributed by atoms with Crippen LogP contribution in [0.25, 0.3) is 100 Å². The van der Waals surface area contributed by atoms with Crippen LogP contribution in [0.1, 0.15) is 0 Å². The minimum Gasteiger partial charge on any atom is -0.247 e. The van der Waals surface area contributed by atoms with Crippen LogP contribution in [0.3, 0.4) is 0 Å². The molecule has 252 valence electrons. The van der Waals surface area contributed by atoms with Gasteiger partial charge in [0.25, 0.3) is 0 Å². The highest BCUT2D eigenvalue weighted by Crippen LogP contribution is 2.39. The van der Waals surface area contributed by atoms with E-state index in [2.05, 4.69) is 146 Å². The molecule has 0 N–H and O–H groups in total. The van der Waals surface area contributed by atoms with Crippen LogP contribution in [0.15, 0.2) is 194 Å². The van der Waals surface area contributed by atoms with Gasteiger partial charge < -0.3 is 0 Å². The number of hydrogen-bond acceptors (Lipinski definition) is 4. The van der Waals surface area contributed by atoms with Crippen molar-refractivity contribution in [2.24, 2.45) is 0 Å². The Hall–Kier alpha value is -7.30. The first kappa shape index (κ1) is 31.4. The zero-order valence-corrected chi connectivity index (χ0v) is 29.3. The summed E-state index contributed by atoms with van der Waals surface area (Å²) in [6.45, 7) is 0. The van der Waals surface area contributed by atoms with E-state index in [1.807, 2.05) is 48.5 Å². The highest BCUT2D eigenvalue weighted by atomic mass is 14.9. The highest BCUT2D eigenvalue weighted by molar-refractivity contribution is 6.20. The Kier molecular flexibility index (Phi) is 7.77. The summed E-state index contributed by atoms with van der Waals surface area (Å²) < 4.78 is 0. The maximum atomic E-state index is 5.33. The van der Waals surface area contributed by atoms with E-state index in [9.17, 15) is 0 Å². The van der Waals surface area contributed by atoms with Crippen molar-refractivity contribution in [3.63, 3.8) is 0 Å². The molecule has 54 heavy (non-hydrogen) atoms. The molecule has 0 saturated heterocycles. The summed E-state index contributed by atoms with van der Waals surface area (Å²) in [4.78, 5) is 20.6. The number of nitrogens with zero attached hydrogens (tertiary/aromatic N) is 4. The first-order valence-electron chi connectivity index (χ1n) is 18.1. The topological polar surface area (TPSA) is 51.6 Å². The van der Waals surface area contributed by atoms with Gasteiger partial charge >= 0.3 is 0 Å². The zero-order chi connectivity index (χ0) is 35.8. The third-order valence-corrected chi connectivity index (χ3v) is 10.1. The van der Waals surface area contributed by atoms with E-state index in [1.165, 1.54) is 0 Å². The third-order valence-electron chi connectivity index (χ3n) is 10.1. The van der Waals surface area contributed by atoms with E-state index in [-0.39, 0.29) is 0 Å². The minimum absolute atomic E-state index is 0.706. The molecule has 0 aliphatic heterocycles. The largest absolute Gasteiger partial charge is 0.247 e. The number of hydrogen-bond donors (Lipinski definition) is 0. The second-order valence-electron chi connectivity index (χ2n) is 13.5. The average molecular weight is 689 g/mol. The van der Waals surface area contributed by atoms with Gasteiger partial charge in [-0.25, -0.2) is 19.9 Å². The molecule has 0 saturated carbocycles. The SMILES string of the molecule is c1ccc(-c2cc(-c3ccc(-c4ccc5nc(-c6ccccc6)c6c(ccc7ccc(-c8ccccc8)nc76)c5c4)cc3)nc(-c3ccccc3)n2)cc1. The summed E-state index contributed by atoms with van der Waals surface area (Å²) in [6, 6.07) is 67.3. The Morgan fingerprint density at radius 2 is 0.815 bits per heavy atom. The molecule has 7 aromatic carbocycles. The zero-order valence-electron chi connectivity index (χ0n) is 29.3. The van der Waals surface area contributed by atoms with Crippen molar-refractivity contribution in [1.29, 1.82) is 0 Å². The smallest absolute Gasteiger partial charge is 0.160 e. The van der Waals surface area contributed by atoms with Crippen molar-refractivity contribution in [3.05, 3.63) is 194 Å². The molecule has 0 amide bonds. The third kappa shape index (κ3) is 5.76. The summed E-state index contributed by atoms with van der Waals surface area (Å²) in [5, 5.41) is 4.37. The summed E-state index contributed by atoms with van der Waals surface area (Å²) >= 11 is 0. The van der Waals surface area contributed by atoms with Crippen LogP contribution >= 0.6 is 0 Å². The van der Waals surface area contributed by atoms with Crippen LogP contribution in [0, 0.1) is 0 Å². The lowest BCUT2D eigenvalue weighted by Crippen LogP contribution is -1.96. The van der Waals surface area contributed by atoms with E-state index in [4.69, 9.17) is 19.9 Å². The molecule has 0 bridgehead atoms. The number of rotatable bonds is 6. The molecule has 0 fully saturated rings. The second kappa shape index (κ2) is 13.4. The fraction of sp³-hybridized carbons (Fsp3) is 0. The molecule has 4 nitrogen and oxygen atoms in total. The van der Waals surface area contributed by atoms with Crippen molar-refractivity contribution in [2.75, 3.05) is 0 Å². The molecule has 3 aromatic heterocycles. The molecular weight excluding hydrogens is 657 g/mol. The van der Waals surface area contributed by atoms with E-state index >= 15 is 0 Å². The lowest BCUT2D eigenvalue weighted by atomic mass is 9.94. The Labute approximate surface area is 313 Å². The Morgan fingerprint density at radius 1 is 0.296 bits per heavy atom. The monoisotopic (exact) mass is 688 g/mol. The maximum absolute atomic E-state index is 5.33. The molecule has 3 heterocycles. The quantitative estimate of drug-likeness (QED) is 0.163. The van der Waals surface area contributed by atoms with Gasteiger partial charge in [0, 0.05) is 44.0 Å². The van der Waals surface area contributed by atoms with Crippen molar-refractivity contribution in [1.82, 2.24) is 19.9 Å². The summed E-state index contributed by atoms with van der Waals surface area (Å²) in [5.41, 5.74) is 13.0. The molecule has 4 heteroatoms. The number of benzene rings is 7. The van der Waals surface area contributed by atoms with Crippen molar-refractivity contribution in [3.8, 4) is 67.5 Å². The first-order chi connectivity index (χ1) is 26.7. The summed E-state index contributed by atoms with van der Waals surface area (Å²) in [5.74, 6) is 0.706. The van der Waals surface area contributed by atoms with E-state index < -0.39 is 0 Å². The van der Waals surface area contributed by atoms with E-state index in [0.717, 1.165) is 94.3 Å². The van der Waals surface area contributed by atoms with E-state index in [0.29, 0.717) is 5.82 Å². The molecule has 0 unspecified atom stereocenters. The van der Waals surface area contributed by atoms with Crippen LogP contribution in [0.4, 0.5) is 0 Å². The molecule has 10 aromatic rings. The number of aromatic nitrogens is 4. The Morgan fingerprint density at radius 3 is 1.46 bits per heavy atom. The molecule has 0 radical (unpaired) electrons. The van der Waals surface area contributed by atoms with Crippen molar-refractivity contribution in [2.45, 2.75) is 0 Å². The van der Waals surface area contributed by atoms with Crippen molar-refractivity contribution >= 4 is 32.6 Å². The maximum Gasteiger partial charge on any atom is 0.160 e. The molecule has 0 aliphatic carbocycles. The van der Waals surface area contributed by atoms with Gasteiger partial charge in [0.1, 0.15) is 0 Å². The molecular formula is C50H32N4. The lowest BCUT2D eigenvalue weighted by molar-refractivity contribution is 1.18. The van der Waals surface area contributed by atoms with E-state index in [1.54, 1.807) is 0 Å². The minimum atomic E-state index is 0.706. The highest BCUT2D eigenvalue weighted by Gasteiger charge is 2.17. The van der Waals surface area contributed by atoms with Gasteiger partial charge in [-0.15, -0.1) is 0 Å².